The van der Waals surface area contributed by atoms with Crippen LogP contribution in [0.15, 0.2) is 18.2 Å². The quantitative estimate of drug-likeness (QED) is 0.797. The Kier molecular flexibility index (Phi) is 3.38. The number of ether oxygens (including phenoxy) is 1. The molecule has 0 bridgehead atoms. The number of carbonyl (C=O) groups is 2. The normalized spacial score (nSPS) is 9.53. The van der Waals surface area contributed by atoms with Gasteiger partial charge in [0.1, 0.15) is 11.6 Å². The summed E-state index contributed by atoms with van der Waals surface area (Å²) < 4.78 is 18.1. The number of hydrogen-bond acceptors (Lipinski definition) is 3. The van der Waals surface area contributed by atoms with Crippen LogP contribution in [0.4, 0.5) is 4.39 Å². The zero-order chi connectivity index (χ0) is 11.4. The molecule has 0 radical (unpaired) electrons. The number of rotatable bonds is 2. The Morgan fingerprint density at radius 3 is 2.53 bits per heavy atom. The molecule has 0 fully saturated rings. The van der Waals surface area contributed by atoms with Gasteiger partial charge in [0.15, 0.2) is 0 Å². The molecule has 1 aromatic carbocycles. The molecular formula is C10H10FNO3. The lowest BCUT2D eigenvalue weighted by atomic mass is 10.2. The summed E-state index contributed by atoms with van der Waals surface area (Å²) in [5.41, 5.74) is -0.189. The summed E-state index contributed by atoms with van der Waals surface area (Å²) in [5.74, 6) is -1.71. The first kappa shape index (κ1) is 11.2. The molecule has 1 aromatic rings. The van der Waals surface area contributed by atoms with Crippen LogP contribution in [0.3, 0.4) is 0 Å². The van der Waals surface area contributed by atoms with Crippen molar-refractivity contribution < 1.29 is 18.7 Å². The Morgan fingerprint density at radius 1 is 1.40 bits per heavy atom. The molecule has 0 aliphatic heterocycles. The predicted molar refractivity (Wildman–Crippen MR) is 51.1 cm³/mol. The average Bonchev–Trinajstić information content (AvgIpc) is 2.16. The third-order valence-electron chi connectivity index (χ3n) is 1.71. The Labute approximate surface area is 86.0 Å². The van der Waals surface area contributed by atoms with E-state index in [1.165, 1.54) is 26.2 Å². The third-order valence-corrected chi connectivity index (χ3v) is 1.71. The van der Waals surface area contributed by atoms with E-state index < -0.39 is 17.6 Å². The lowest BCUT2D eigenvalue weighted by Gasteiger charge is -2.04. The molecule has 0 saturated carbocycles. The second kappa shape index (κ2) is 4.54. The average molecular weight is 211 g/mol. The highest BCUT2D eigenvalue weighted by Crippen LogP contribution is 2.15. The van der Waals surface area contributed by atoms with Crippen molar-refractivity contribution in [2.24, 2.45) is 0 Å². The molecular weight excluding hydrogens is 201 g/mol. The molecule has 0 heterocycles. The van der Waals surface area contributed by atoms with E-state index in [9.17, 15) is 14.0 Å². The van der Waals surface area contributed by atoms with Crippen LogP contribution in [-0.4, -0.2) is 18.9 Å². The maximum absolute atomic E-state index is 13.3. The summed E-state index contributed by atoms with van der Waals surface area (Å²) in [5, 5.41) is 1.98. The fourth-order valence-corrected chi connectivity index (χ4v) is 1.03. The van der Waals surface area contributed by atoms with Gasteiger partial charge in [-0.25, -0.2) is 4.39 Å². The predicted octanol–water partition coefficient (Wildman–Crippen LogP) is 1.11. The van der Waals surface area contributed by atoms with E-state index >= 15 is 0 Å². The van der Waals surface area contributed by atoms with Gasteiger partial charge in [-0.2, -0.15) is 0 Å². The van der Waals surface area contributed by atoms with Crippen molar-refractivity contribution in [3.05, 3.63) is 29.6 Å². The fourth-order valence-electron chi connectivity index (χ4n) is 1.03. The Balaban J connectivity index is 2.95. The maximum atomic E-state index is 13.3. The summed E-state index contributed by atoms with van der Waals surface area (Å²) in [6.07, 6.45) is 0. The molecule has 0 aromatic heterocycles. The van der Waals surface area contributed by atoms with Crippen molar-refractivity contribution in [1.29, 1.82) is 0 Å². The molecule has 1 rings (SSSR count). The molecule has 0 atom stereocenters. The van der Waals surface area contributed by atoms with Gasteiger partial charge in [-0.1, -0.05) is 0 Å². The smallest absolute Gasteiger partial charge is 0.260 e. The van der Waals surface area contributed by atoms with Gasteiger partial charge < -0.3 is 4.74 Å². The number of halogens is 1. The van der Waals surface area contributed by atoms with Crippen molar-refractivity contribution >= 4 is 11.8 Å². The van der Waals surface area contributed by atoms with Gasteiger partial charge in [0.2, 0.25) is 5.91 Å². The largest absolute Gasteiger partial charge is 0.497 e. The number of methoxy groups -OCH3 is 1. The zero-order valence-electron chi connectivity index (χ0n) is 8.33. The number of imide groups is 1. The van der Waals surface area contributed by atoms with Gasteiger partial charge in [-0.15, -0.1) is 0 Å². The number of hydrogen-bond donors (Lipinski definition) is 1. The van der Waals surface area contributed by atoms with E-state index in [0.717, 1.165) is 6.07 Å². The van der Waals surface area contributed by atoms with E-state index in [0.29, 0.717) is 5.75 Å². The first-order chi connectivity index (χ1) is 7.04. The second-order valence-electron chi connectivity index (χ2n) is 2.86. The number of carbonyl (C=O) groups excluding carboxylic acids is 2. The lowest BCUT2D eigenvalue weighted by Crippen LogP contribution is -2.28. The van der Waals surface area contributed by atoms with Gasteiger partial charge in [0, 0.05) is 13.0 Å². The van der Waals surface area contributed by atoms with Gasteiger partial charge in [0.25, 0.3) is 5.91 Å². The topological polar surface area (TPSA) is 55.4 Å². The molecule has 0 saturated heterocycles. The van der Waals surface area contributed by atoms with E-state index in [1.807, 2.05) is 5.32 Å². The lowest BCUT2D eigenvalue weighted by molar-refractivity contribution is -0.118. The molecule has 5 heteroatoms. The molecule has 0 aliphatic rings. The van der Waals surface area contributed by atoms with Gasteiger partial charge in [-0.3, -0.25) is 14.9 Å². The molecule has 0 aliphatic carbocycles. The van der Waals surface area contributed by atoms with Crippen LogP contribution >= 0.6 is 0 Å². The van der Waals surface area contributed by atoms with E-state index in [1.54, 1.807) is 0 Å². The van der Waals surface area contributed by atoms with Crippen LogP contribution in [0.2, 0.25) is 0 Å². The highest BCUT2D eigenvalue weighted by molar-refractivity contribution is 6.04. The maximum Gasteiger partial charge on any atom is 0.260 e. The minimum Gasteiger partial charge on any atom is -0.497 e. The van der Waals surface area contributed by atoms with Crippen molar-refractivity contribution in [2.75, 3.05) is 7.11 Å². The van der Waals surface area contributed by atoms with Crippen molar-refractivity contribution in [1.82, 2.24) is 5.32 Å². The molecule has 1 N–H and O–H groups in total. The number of amides is 2. The Morgan fingerprint density at radius 2 is 2.07 bits per heavy atom. The first-order valence-corrected chi connectivity index (χ1v) is 4.20. The van der Waals surface area contributed by atoms with Crippen LogP contribution in [0.25, 0.3) is 0 Å². The van der Waals surface area contributed by atoms with Crippen LogP contribution in [0.1, 0.15) is 17.3 Å². The molecule has 0 spiro atoms. The van der Waals surface area contributed by atoms with E-state index in [-0.39, 0.29) is 5.56 Å². The molecule has 15 heavy (non-hydrogen) atoms. The SMILES string of the molecule is COc1ccc(C(=O)NC(C)=O)c(F)c1. The van der Waals surface area contributed by atoms with Crippen LogP contribution < -0.4 is 10.1 Å². The highest BCUT2D eigenvalue weighted by atomic mass is 19.1. The summed E-state index contributed by atoms with van der Waals surface area (Å²) >= 11 is 0. The third kappa shape index (κ3) is 2.77. The van der Waals surface area contributed by atoms with Gasteiger partial charge in [-0.05, 0) is 12.1 Å². The highest BCUT2D eigenvalue weighted by Gasteiger charge is 2.13. The van der Waals surface area contributed by atoms with Gasteiger partial charge >= 0.3 is 0 Å². The first-order valence-electron chi connectivity index (χ1n) is 4.20. The minimum atomic E-state index is -0.761. The van der Waals surface area contributed by atoms with Crippen molar-refractivity contribution in [2.45, 2.75) is 6.92 Å². The van der Waals surface area contributed by atoms with Crippen LogP contribution in [0.5, 0.6) is 5.75 Å². The summed E-state index contributed by atoms with van der Waals surface area (Å²) in [6.45, 7) is 1.18. The Bertz CT molecular complexity index is 404. The zero-order valence-corrected chi connectivity index (χ0v) is 8.33. The summed E-state index contributed by atoms with van der Waals surface area (Å²) in [6, 6.07) is 3.78. The monoisotopic (exact) mass is 211 g/mol. The summed E-state index contributed by atoms with van der Waals surface area (Å²) in [4.78, 5) is 21.8. The van der Waals surface area contributed by atoms with Gasteiger partial charge in [0.05, 0.1) is 12.7 Å². The minimum absolute atomic E-state index is 0.189. The standard InChI is InChI=1S/C10H10FNO3/c1-6(13)12-10(14)8-4-3-7(15-2)5-9(8)11/h3-5H,1-2H3,(H,12,13,14). The summed E-state index contributed by atoms with van der Waals surface area (Å²) in [7, 11) is 1.39. The molecule has 0 unspecified atom stereocenters. The Hall–Kier alpha value is -1.91. The number of nitrogens with one attached hydrogen (secondary N) is 1. The number of benzene rings is 1. The molecule has 80 valence electrons. The van der Waals surface area contributed by atoms with Crippen LogP contribution in [-0.2, 0) is 4.79 Å². The molecule has 2 amide bonds. The van der Waals surface area contributed by atoms with E-state index in [4.69, 9.17) is 4.74 Å². The van der Waals surface area contributed by atoms with Crippen molar-refractivity contribution in [3.63, 3.8) is 0 Å². The van der Waals surface area contributed by atoms with Crippen molar-refractivity contribution in [3.8, 4) is 5.75 Å². The van der Waals surface area contributed by atoms with E-state index in [2.05, 4.69) is 0 Å². The second-order valence-corrected chi connectivity index (χ2v) is 2.86. The molecule has 4 nitrogen and oxygen atoms in total. The van der Waals surface area contributed by atoms with Crippen LogP contribution in [0, 0.1) is 5.82 Å². The fraction of sp³-hybridized carbons (Fsp3) is 0.200.